The van der Waals surface area contributed by atoms with Gasteiger partial charge in [0.25, 0.3) is 5.91 Å². The van der Waals surface area contributed by atoms with Crippen LogP contribution < -0.4 is 11.1 Å². The average Bonchev–Trinajstić information content (AvgIpc) is 2.79. The van der Waals surface area contributed by atoms with Crippen molar-refractivity contribution in [1.29, 1.82) is 0 Å². The van der Waals surface area contributed by atoms with Gasteiger partial charge >= 0.3 is 0 Å². The molecule has 1 saturated heterocycles. The average molecular weight is 467 g/mol. The van der Waals surface area contributed by atoms with Gasteiger partial charge in [-0.2, -0.15) is 0 Å². The zero-order valence-corrected chi connectivity index (χ0v) is 18.5. The third-order valence-electron chi connectivity index (χ3n) is 7.32. The van der Waals surface area contributed by atoms with Gasteiger partial charge in [0.05, 0.1) is 17.0 Å². The number of primary amides is 1. The van der Waals surface area contributed by atoms with Gasteiger partial charge in [-0.1, -0.05) is 18.2 Å². The van der Waals surface area contributed by atoms with E-state index in [1.165, 1.54) is 13.2 Å². The van der Waals surface area contributed by atoms with Gasteiger partial charge in [-0.05, 0) is 23.4 Å². The molecule has 3 aliphatic rings. The van der Waals surface area contributed by atoms with Crippen LogP contribution in [-0.2, 0) is 20.7 Å². The first kappa shape index (κ1) is 22.3. The predicted molar refractivity (Wildman–Crippen MR) is 121 cm³/mol. The maximum absolute atomic E-state index is 14.0. The van der Waals surface area contributed by atoms with E-state index in [2.05, 4.69) is 5.32 Å². The van der Waals surface area contributed by atoms with Crippen LogP contribution in [0.2, 0.25) is 0 Å². The lowest BCUT2D eigenvalue weighted by atomic mass is 9.61. The van der Waals surface area contributed by atoms with Crippen LogP contribution >= 0.6 is 0 Å². The van der Waals surface area contributed by atoms with Gasteiger partial charge in [-0.25, -0.2) is 0 Å². The summed E-state index contributed by atoms with van der Waals surface area (Å²) in [6, 6.07) is 5.44. The molecule has 1 fully saturated rings. The number of fused-ring (bicyclic) bond motifs is 3. The molecule has 1 aliphatic heterocycles. The van der Waals surface area contributed by atoms with Crippen LogP contribution in [0.5, 0.6) is 11.5 Å². The van der Waals surface area contributed by atoms with E-state index in [0.717, 1.165) is 0 Å². The second-order valence-electron chi connectivity index (χ2n) is 8.90. The van der Waals surface area contributed by atoms with Crippen LogP contribution in [0.25, 0.3) is 10.8 Å². The van der Waals surface area contributed by atoms with Gasteiger partial charge in [-0.3, -0.25) is 19.3 Å². The van der Waals surface area contributed by atoms with Crippen LogP contribution in [0.4, 0.5) is 0 Å². The third kappa shape index (κ3) is 2.82. The summed E-state index contributed by atoms with van der Waals surface area (Å²) >= 11 is 0. The summed E-state index contributed by atoms with van der Waals surface area (Å²) in [7, 11) is 1.21. The molecule has 10 heteroatoms. The number of piperazine rings is 1. The summed E-state index contributed by atoms with van der Waals surface area (Å²) in [4.78, 5) is 41.7. The van der Waals surface area contributed by atoms with Crippen LogP contribution in [-0.4, -0.2) is 82.6 Å². The van der Waals surface area contributed by atoms with Gasteiger partial charge in [0, 0.05) is 39.2 Å². The molecule has 34 heavy (non-hydrogen) atoms. The molecule has 0 saturated carbocycles. The predicted octanol–water partition coefficient (Wildman–Crippen LogP) is 0.145. The summed E-state index contributed by atoms with van der Waals surface area (Å²) in [6.45, 7) is 2.18. The first-order valence-electron chi connectivity index (χ1n) is 11.0. The number of carbonyl (C=O) groups is 3. The molecule has 3 atom stereocenters. The van der Waals surface area contributed by atoms with Crippen LogP contribution in [0.15, 0.2) is 35.6 Å². The highest BCUT2D eigenvalue weighted by Gasteiger charge is 2.64. The number of hydrogen-bond donors (Lipinski definition) is 5. The number of hydrogen-bond acceptors (Lipinski definition) is 9. The number of rotatable bonds is 3. The summed E-state index contributed by atoms with van der Waals surface area (Å²) in [5.41, 5.74) is 3.05. The maximum atomic E-state index is 14.0. The Hall–Kier alpha value is -3.47. The van der Waals surface area contributed by atoms with Crippen molar-refractivity contribution >= 4 is 28.2 Å². The van der Waals surface area contributed by atoms with E-state index in [1.54, 1.807) is 18.2 Å². The molecule has 2 aliphatic carbocycles. The number of aliphatic hydroxyl groups is 1. The standard InChI is InChI=1S/C24H25N3O7/c1-34-24-13(18(27-7-5-26-6-8-27)20(30)17(22(24)32)23(25)33)10-12-9-11-3-2-4-14(28)15(11)19(29)16(12)21(24)31/h2-4,9,13,18,26,28-29,32H,5-8,10H2,1H3,(H2,25,33)/t13-,18+,24-/m0/s1. The molecular formula is C24H25N3O7. The number of phenolic OH excluding ortho intramolecular Hbond substituents is 2. The number of ketones is 2. The van der Waals surface area contributed by atoms with Crippen LogP contribution in [0.3, 0.4) is 0 Å². The molecule has 0 spiro atoms. The van der Waals surface area contributed by atoms with Gasteiger partial charge in [0.15, 0.2) is 11.4 Å². The highest BCUT2D eigenvalue weighted by Crippen LogP contribution is 2.51. The number of nitrogens with two attached hydrogens (primary N) is 1. The number of nitrogens with zero attached hydrogens (tertiary/aromatic N) is 1. The van der Waals surface area contributed by atoms with Crippen LogP contribution in [0.1, 0.15) is 15.9 Å². The number of carbonyl (C=O) groups excluding carboxylic acids is 3. The Labute approximate surface area is 194 Å². The Balaban J connectivity index is 1.80. The van der Waals surface area contributed by atoms with Crippen molar-refractivity contribution in [3.8, 4) is 11.5 Å². The molecule has 0 aromatic heterocycles. The zero-order chi connectivity index (χ0) is 24.4. The lowest BCUT2D eigenvalue weighted by Gasteiger charge is -2.50. The lowest BCUT2D eigenvalue weighted by molar-refractivity contribution is -0.136. The summed E-state index contributed by atoms with van der Waals surface area (Å²) in [5.74, 6) is -4.98. The fourth-order valence-electron chi connectivity index (χ4n) is 5.83. The summed E-state index contributed by atoms with van der Waals surface area (Å²) in [6.07, 6.45) is 0.102. The second-order valence-corrected chi connectivity index (χ2v) is 8.90. The number of amides is 1. The maximum Gasteiger partial charge on any atom is 0.255 e. The smallest absolute Gasteiger partial charge is 0.255 e. The molecule has 0 unspecified atom stereocenters. The topological polar surface area (TPSA) is 162 Å². The number of ether oxygens (including phenoxy) is 1. The van der Waals surface area contributed by atoms with Gasteiger partial charge < -0.3 is 31.1 Å². The molecule has 0 radical (unpaired) electrons. The number of aliphatic hydroxyl groups excluding tert-OH is 1. The molecular weight excluding hydrogens is 442 g/mol. The fraction of sp³-hybridized carbons (Fsp3) is 0.375. The minimum atomic E-state index is -2.10. The van der Waals surface area contributed by atoms with Crippen molar-refractivity contribution in [2.24, 2.45) is 11.7 Å². The molecule has 178 valence electrons. The van der Waals surface area contributed by atoms with E-state index in [0.29, 0.717) is 37.1 Å². The molecule has 5 rings (SSSR count). The van der Waals surface area contributed by atoms with Gasteiger partial charge in [0.1, 0.15) is 22.8 Å². The van der Waals surface area contributed by atoms with E-state index in [-0.39, 0.29) is 23.1 Å². The second kappa shape index (κ2) is 7.79. The normalized spacial score (nSPS) is 27.6. The molecule has 10 nitrogen and oxygen atoms in total. The van der Waals surface area contributed by atoms with Crippen molar-refractivity contribution in [1.82, 2.24) is 10.2 Å². The monoisotopic (exact) mass is 467 g/mol. The number of nitrogens with one attached hydrogen (secondary N) is 1. The first-order chi connectivity index (χ1) is 16.2. The minimum Gasteiger partial charge on any atom is -0.508 e. The Morgan fingerprint density at radius 3 is 2.56 bits per heavy atom. The van der Waals surface area contributed by atoms with Gasteiger partial charge in [-0.15, -0.1) is 0 Å². The first-order valence-corrected chi connectivity index (χ1v) is 11.0. The fourth-order valence-corrected chi connectivity index (χ4v) is 5.83. The van der Waals surface area contributed by atoms with Crippen molar-refractivity contribution < 1.29 is 34.4 Å². The number of methoxy groups -OCH3 is 1. The number of phenols is 2. The van der Waals surface area contributed by atoms with Crippen molar-refractivity contribution in [3.05, 3.63) is 46.7 Å². The third-order valence-corrected chi connectivity index (χ3v) is 7.32. The quantitative estimate of drug-likeness (QED) is 0.395. The summed E-state index contributed by atoms with van der Waals surface area (Å²) < 4.78 is 5.68. The molecule has 2 aromatic carbocycles. The Morgan fingerprint density at radius 2 is 1.91 bits per heavy atom. The van der Waals surface area contributed by atoms with E-state index in [1.807, 2.05) is 4.90 Å². The van der Waals surface area contributed by atoms with E-state index < -0.39 is 52.1 Å². The summed E-state index contributed by atoms with van der Waals surface area (Å²) in [5, 5.41) is 36.4. The highest BCUT2D eigenvalue weighted by atomic mass is 16.5. The zero-order valence-electron chi connectivity index (χ0n) is 18.5. The minimum absolute atomic E-state index is 0.0865. The molecule has 0 bridgehead atoms. The number of benzene rings is 2. The highest BCUT2D eigenvalue weighted by molar-refractivity contribution is 6.25. The van der Waals surface area contributed by atoms with Crippen molar-refractivity contribution in [2.75, 3.05) is 33.3 Å². The SMILES string of the molecule is CO[C@]12C(=O)c3c(cc4cccc(O)c4c3O)C[C@H]1[C@@H](N1CCNCC1)C(=O)C(C(N)=O)=C2O. The van der Waals surface area contributed by atoms with E-state index >= 15 is 0 Å². The lowest BCUT2D eigenvalue weighted by Crippen LogP contribution is -2.67. The Bertz CT molecular complexity index is 1280. The molecule has 1 amide bonds. The number of Topliss-reactive ketones (excluding diaryl/α,β-unsaturated/α-hetero) is 2. The molecule has 2 aromatic rings. The van der Waals surface area contributed by atoms with Crippen LogP contribution in [0, 0.1) is 5.92 Å². The van der Waals surface area contributed by atoms with Crippen molar-refractivity contribution in [3.63, 3.8) is 0 Å². The largest absolute Gasteiger partial charge is 0.508 e. The van der Waals surface area contributed by atoms with Gasteiger partial charge in [0.2, 0.25) is 5.78 Å². The molecule has 1 heterocycles. The Morgan fingerprint density at radius 1 is 1.21 bits per heavy atom. The van der Waals surface area contributed by atoms with E-state index in [9.17, 15) is 29.7 Å². The van der Waals surface area contributed by atoms with Crippen molar-refractivity contribution in [2.45, 2.75) is 18.1 Å². The van der Waals surface area contributed by atoms with E-state index in [4.69, 9.17) is 10.5 Å². The number of aromatic hydroxyl groups is 2. The Kier molecular flexibility index (Phi) is 5.12. The molecule has 6 N–H and O–H groups in total.